The Hall–Kier alpha value is -1.60. The molecule has 5 heteroatoms. The highest BCUT2D eigenvalue weighted by Crippen LogP contribution is 2.36. The Balaban J connectivity index is 2.15. The monoisotopic (exact) mass is 280 g/mol. The van der Waals surface area contributed by atoms with E-state index in [1.165, 1.54) is 12.1 Å². The molecule has 1 fully saturated rings. The number of rotatable bonds is 2. The summed E-state index contributed by atoms with van der Waals surface area (Å²) in [5, 5.41) is 11.9. The van der Waals surface area contributed by atoms with Crippen molar-refractivity contribution >= 4 is 23.2 Å². The molecule has 1 N–H and O–H groups in total. The summed E-state index contributed by atoms with van der Waals surface area (Å²) in [6.45, 7) is 0. The topological polar surface area (TPSA) is 52.9 Å². The second kappa shape index (κ2) is 5.58. The maximum atomic E-state index is 13.3. The molecule has 0 aromatic heterocycles. The van der Waals surface area contributed by atoms with Crippen molar-refractivity contribution in [1.82, 2.24) is 0 Å². The van der Waals surface area contributed by atoms with E-state index in [0.29, 0.717) is 18.5 Å². The second-order valence-corrected chi connectivity index (χ2v) is 5.24. The van der Waals surface area contributed by atoms with E-state index in [1.54, 1.807) is 0 Å². The van der Waals surface area contributed by atoms with Crippen LogP contribution in [-0.4, -0.2) is 5.91 Å². The highest BCUT2D eigenvalue weighted by Gasteiger charge is 2.39. The van der Waals surface area contributed by atoms with Crippen LogP contribution in [0.3, 0.4) is 0 Å². The van der Waals surface area contributed by atoms with Gasteiger partial charge in [-0.3, -0.25) is 4.79 Å². The van der Waals surface area contributed by atoms with Gasteiger partial charge in [0, 0.05) is 5.69 Å². The number of benzene rings is 1. The lowest BCUT2D eigenvalue weighted by atomic mass is 9.74. The lowest BCUT2D eigenvalue weighted by molar-refractivity contribution is -0.124. The van der Waals surface area contributed by atoms with Gasteiger partial charge in [-0.25, -0.2) is 4.39 Å². The van der Waals surface area contributed by atoms with E-state index in [2.05, 4.69) is 11.4 Å². The number of carbonyl (C=O) groups is 1. The zero-order valence-corrected chi connectivity index (χ0v) is 11.1. The molecular weight excluding hydrogens is 267 g/mol. The summed E-state index contributed by atoms with van der Waals surface area (Å²) in [6.07, 6.45) is 3.91. The number of nitrogens with zero attached hydrogens (tertiary/aromatic N) is 1. The minimum absolute atomic E-state index is 0.00524. The van der Waals surface area contributed by atoms with Crippen molar-refractivity contribution < 1.29 is 9.18 Å². The number of hydrogen-bond acceptors (Lipinski definition) is 2. The molecule has 0 unspecified atom stereocenters. The van der Waals surface area contributed by atoms with E-state index in [1.807, 2.05) is 0 Å². The van der Waals surface area contributed by atoms with Crippen molar-refractivity contribution in [2.45, 2.75) is 32.1 Å². The van der Waals surface area contributed by atoms with Gasteiger partial charge in [0.1, 0.15) is 11.2 Å². The van der Waals surface area contributed by atoms with Crippen LogP contribution in [0.4, 0.5) is 10.1 Å². The molecule has 100 valence electrons. The summed E-state index contributed by atoms with van der Waals surface area (Å²) in [5.41, 5.74) is -0.652. The molecule has 1 aromatic rings. The summed E-state index contributed by atoms with van der Waals surface area (Å²) in [5.74, 6) is -0.939. The number of carbonyl (C=O) groups excluding carboxylic acids is 1. The van der Waals surface area contributed by atoms with Crippen LogP contribution in [-0.2, 0) is 4.79 Å². The van der Waals surface area contributed by atoms with Gasteiger partial charge < -0.3 is 5.32 Å². The number of anilines is 1. The third-order valence-electron chi connectivity index (χ3n) is 3.53. The molecule has 0 heterocycles. The lowest BCUT2D eigenvalue weighted by Crippen LogP contribution is -2.36. The molecule has 0 bridgehead atoms. The van der Waals surface area contributed by atoms with Gasteiger partial charge in [0.15, 0.2) is 0 Å². The second-order valence-electron chi connectivity index (χ2n) is 4.84. The van der Waals surface area contributed by atoms with Gasteiger partial charge in [-0.15, -0.1) is 0 Å². The number of halogens is 2. The Morgan fingerprint density at radius 3 is 2.63 bits per heavy atom. The van der Waals surface area contributed by atoms with Crippen molar-refractivity contribution in [3.8, 4) is 6.07 Å². The van der Waals surface area contributed by atoms with E-state index in [0.717, 1.165) is 25.3 Å². The van der Waals surface area contributed by atoms with Gasteiger partial charge in [0.05, 0.1) is 11.1 Å². The van der Waals surface area contributed by atoms with E-state index in [9.17, 15) is 14.4 Å². The third kappa shape index (κ3) is 2.87. The average molecular weight is 281 g/mol. The van der Waals surface area contributed by atoms with Crippen molar-refractivity contribution in [3.05, 3.63) is 29.0 Å². The lowest BCUT2D eigenvalue weighted by Gasteiger charge is -2.29. The molecule has 1 saturated carbocycles. The van der Waals surface area contributed by atoms with Crippen LogP contribution < -0.4 is 5.32 Å². The van der Waals surface area contributed by atoms with E-state index in [4.69, 9.17) is 11.6 Å². The van der Waals surface area contributed by atoms with Gasteiger partial charge in [0.2, 0.25) is 5.91 Å². The minimum Gasteiger partial charge on any atom is -0.325 e. The average Bonchev–Trinajstić information content (AvgIpc) is 2.43. The van der Waals surface area contributed by atoms with Gasteiger partial charge in [-0.1, -0.05) is 30.9 Å². The number of amides is 1. The van der Waals surface area contributed by atoms with Crippen molar-refractivity contribution in [3.63, 3.8) is 0 Å². The highest BCUT2D eigenvalue weighted by atomic mass is 35.5. The largest absolute Gasteiger partial charge is 0.325 e. The van der Waals surface area contributed by atoms with Gasteiger partial charge in [-0.2, -0.15) is 5.26 Å². The first-order valence-corrected chi connectivity index (χ1v) is 6.63. The van der Waals surface area contributed by atoms with Crippen molar-refractivity contribution in [2.75, 3.05) is 5.32 Å². The molecule has 3 nitrogen and oxygen atoms in total. The van der Waals surface area contributed by atoms with Crippen molar-refractivity contribution in [2.24, 2.45) is 5.41 Å². The van der Waals surface area contributed by atoms with Crippen LogP contribution in [0.5, 0.6) is 0 Å². The van der Waals surface area contributed by atoms with Gasteiger partial charge in [-0.05, 0) is 31.0 Å². The predicted molar refractivity (Wildman–Crippen MR) is 71.2 cm³/mol. The third-order valence-corrected chi connectivity index (χ3v) is 3.84. The molecule has 19 heavy (non-hydrogen) atoms. The summed E-state index contributed by atoms with van der Waals surface area (Å²) < 4.78 is 13.3. The molecular formula is C14H14ClFN2O. The van der Waals surface area contributed by atoms with Crippen LogP contribution in [0.2, 0.25) is 5.02 Å². The Morgan fingerprint density at radius 1 is 1.37 bits per heavy atom. The molecule has 2 rings (SSSR count). The van der Waals surface area contributed by atoms with Crippen molar-refractivity contribution in [1.29, 1.82) is 5.26 Å². The fraction of sp³-hybridized carbons (Fsp3) is 0.429. The first-order chi connectivity index (χ1) is 9.07. The quantitative estimate of drug-likeness (QED) is 0.893. The Morgan fingerprint density at radius 2 is 2.05 bits per heavy atom. The Kier molecular flexibility index (Phi) is 4.06. The minimum atomic E-state index is -0.978. The number of nitriles is 1. The maximum absolute atomic E-state index is 13.3. The summed E-state index contributed by atoms with van der Waals surface area (Å²) in [4.78, 5) is 12.2. The fourth-order valence-electron chi connectivity index (χ4n) is 2.37. The smallest absolute Gasteiger partial charge is 0.244 e. The van der Waals surface area contributed by atoms with Crippen LogP contribution >= 0.6 is 11.6 Å². The molecule has 0 spiro atoms. The number of hydrogen-bond donors (Lipinski definition) is 1. The van der Waals surface area contributed by atoms with Crippen LogP contribution in [0.25, 0.3) is 0 Å². The molecule has 0 atom stereocenters. The Bertz CT molecular complexity index is 533. The van der Waals surface area contributed by atoms with Gasteiger partial charge in [0.25, 0.3) is 0 Å². The van der Waals surface area contributed by atoms with E-state index in [-0.39, 0.29) is 10.9 Å². The highest BCUT2D eigenvalue weighted by molar-refractivity contribution is 6.30. The molecule has 1 aromatic carbocycles. The molecule has 1 aliphatic carbocycles. The predicted octanol–water partition coefficient (Wildman–Crippen LogP) is 3.89. The zero-order chi connectivity index (χ0) is 13.9. The van der Waals surface area contributed by atoms with Crippen LogP contribution in [0, 0.1) is 22.6 Å². The first-order valence-electron chi connectivity index (χ1n) is 6.25. The molecule has 0 aliphatic heterocycles. The van der Waals surface area contributed by atoms with Crippen LogP contribution in [0.1, 0.15) is 32.1 Å². The van der Waals surface area contributed by atoms with E-state index >= 15 is 0 Å². The summed E-state index contributed by atoms with van der Waals surface area (Å²) in [6, 6.07) is 6.20. The maximum Gasteiger partial charge on any atom is 0.244 e. The first kappa shape index (κ1) is 13.8. The summed E-state index contributed by atoms with van der Waals surface area (Å²) in [7, 11) is 0. The molecule has 0 radical (unpaired) electrons. The summed E-state index contributed by atoms with van der Waals surface area (Å²) >= 11 is 5.58. The standard InChI is InChI=1S/C14H14ClFN2O/c15-11-5-4-10(8-12(11)16)18-13(19)14(9-17)6-2-1-3-7-14/h4-5,8H,1-3,6-7H2,(H,18,19). The zero-order valence-electron chi connectivity index (χ0n) is 10.4. The van der Waals surface area contributed by atoms with E-state index < -0.39 is 11.2 Å². The molecule has 0 saturated heterocycles. The molecule has 1 amide bonds. The number of nitrogens with one attached hydrogen (secondary N) is 1. The SMILES string of the molecule is N#CC1(C(=O)Nc2ccc(Cl)c(F)c2)CCCCC1. The Labute approximate surface area is 116 Å². The van der Waals surface area contributed by atoms with Gasteiger partial charge >= 0.3 is 0 Å². The van der Waals surface area contributed by atoms with Crippen LogP contribution in [0.15, 0.2) is 18.2 Å². The molecule has 1 aliphatic rings. The normalized spacial score (nSPS) is 17.5. The fourth-order valence-corrected chi connectivity index (χ4v) is 2.49.